The molecule has 0 spiro atoms. The van der Waals surface area contributed by atoms with E-state index in [1.165, 1.54) is 0 Å². The Morgan fingerprint density at radius 2 is 2.33 bits per heavy atom. The largest absolute Gasteiger partial charge is 0.372 e. The number of hydrogen-bond acceptors (Lipinski definition) is 3. The van der Waals surface area contributed by atoms with E-state index in [-0.39, 0.29) is 19.1 Å². The number of benzene rings is 1. The molecule has 1 rings (SSSR count). The van der Waals surface area contributed by atoms with Crippen molar-refractivity contribution in [1.29, 1.82) is 0 Å². The Morgan fingerprint density at radius 3 is 3.00 bits per heavy atom. The average molecular weight is 267 g/mol. The molecular formula is C13H15ClN2O2. The molecule has 0 aliphatic carbocycles. The number of nitrogens with one attached hydrogen (secondary N) is 1. The van der Waals surface area contributed by atoms with Crippen molar-refractivity contribution in [3.05, 3.63) is 28.8 Å². The second-order valence-electron chi connectivity index (χ2n) is 3.39. The van der Waals surface area contributed by atoms with E-state index in [2.05, 4.69) is 17.2 Å². The van der Waals surface area contributed by atoms with Crippen LogP contribution in [0.5, 0.6) is 0 Å². The third-order valence-corrected chi connectivity index (χ3v) is 2.34. The van der Waals surface area contributed by atoms with Crippen molar-refractivity contribution < 1.29 is 9.53 Å². The summed E-state index contributed by atoms with van der Waals surface area (Å²) in [4.78, 5) is 11.5. The lowest BCUT2D eigenvalue weighted by Gasteiger charge is -2.07. The number of amides is 1. The number of nitrogens with two attached hydrogens (primary N) is 1. The highest BCUT2D eigenvalue weighted by atomic mass is 35.5. The fourth-order valence-corrected chi connectivity index (χ4v) is 1.40. The van der Waals surface area contributed by atoms with Crippen molar-refractivity contribution >= 4 is 23.2 Å². The van der Waals surface area contributed by atoms with Crippen LogP contribution in [0.3, 0.4) is 0 Å². The third-order valence-electron chi connectivity index (χ3n) is 2.01. The molecule has 0 atom stereocenters. The predicted molar refractivity (Wildman–Crippen MR) is 72.5 cm³/mol. The first-order valence-corrected chi connectivity index (χ1v) is 5.91. The summed E-state index contributed by atoms with van der Waals surface area (Å²) in [7, 11) is 0. The van der Waals surface area contributed by atoms with Crippen LogP contribution in [0.25, 0.3) is 0 Å². The van der Waals surface area contributed by atoms with Gasteiger partial charge in [0, 0.05) is 12.2 Å². The Morgan fingerprint density at radius 1 is 1.56 bits per heavy atom. The number of carbonyl (C=O) groups is 1. The van der Waals surface area contributed by atoms with E-state index in [1.54, 1.807) is 18.2 Å². The van der Waals surface area contributed by atoms with Crippen molar-refractivity contribution in [3.63, 3.8) is 0 Å². The predicted octanol–water partition coefficient (Wildman–Crippen LogP) is 1.63. The standard InChI is InChI=1S/C13H15ClN2O2/c1-2-18-9-13(17)16-12-8-10(4-3-7-15)5-6-11(12)14/h5-6,8H,2,7,9,15H2,1H3,(H,16,17). The zero-order valence-corrected chi connectivity index (χ0v) is 10.9. The Balaban J connectivity index is 2.77. The summed E-state index contributed by atoms with van der Waals surface area (Å²) in [6.45, 7) is 2.60. The van der Waals surface area contributed by atoms with Crippen LogP contribution in [0, 0.1) is 11.8 Å². The van der Waals surface area contributed by atoms with Crippen molar-refractivity contribution in [3.8, 4) is 11.8 Å². The van der Waals surface area contributed by atoms with E-state index < -0.39 is 0 Å². The van der Waals surface area contributed by atoms with E-state index in [0.29, 0.717) is 17.3 Å². The van der Waals surface area contributed by atoms with Gasteiger partial charge >= 0.3 is 0 Å². The van der Waals surface area contributed by atoms with Gasteiger partial charge in [0.05, 0.1) is 17.3 Å². The Hall–Kier alpha value is -1.54. The molecule has 18 heavy (non-hydrogen) atoms. The minimum absolute atomic E-state index is 0.00549. The number of anilines is 1. The molecule has 0 aromatic heterocycles. The van der Waals surface area contributed by atoms with Crippen LogP contribution in [0.4, 0.5) is 5.69 Å². The second kappa shape index (κ2) is 7.72. The molecule has 1 aromatic carbocycles. The van der Waals surface area contributed by atoms with Crippen LogP contribution in [0.2, 0.25) is 5.02 Å². The molecule has 1 aromatic rings. The van der Waals surface area contributed by atoms with Gasteiger partial charge in [-0.05, 0) is 25.1 Å². The molecule has 0 saturated heterocycles. The van der Waals surface area contributed by atoms with Crippen LogP contribution in [-0.2, 0) is 9.53 Å². The smallest absolute Gasteiger partial charge is 0.250 e. The zero-order valence-electron chi connectivity index (χ0n) is 10.1. The van der Waals surface area contributed by atoms with Crippen LogP contribution in [0.1, 0.15) is 12.5 Å². The quantitative estimate of drug-likeness (QED) is 0.814. The van der Waals surface area contributed by atoms with Crippen molar-refractivity contribution in [2.75, 3.05) is 25.1 Å². The SMILES string of the molecule is CCOCC(=O)Nc1cc(C#CCN)ccc1Cl. The number of ether oxygens (including phenoxy) is 1. The molecule has 0 saturated carbocycles. The molecule has 0 bridgehead atoms. The molecule has 96 valence electrons. The zero-order chi connectivity index (χ0) is 13.4. The lowest BCUT2D eigenvalue weighted by Crippen LogP contribution is -2.18. The lowest BCUT2D eigenvalue weighted by molar-refractivity contribution is -0.120. The third kappa shape index (κ3) is 4.76. The van der Waals surface area contributed by atoms with Crippen LogP contribution in [0.15, 0.2) is 18.2 Å². The van der Waals surface area contributed by atoms with E-state index in [4.69, 9.17) is 22.1 Å². The van der Waals surface area contributed by atoms with Gasteiger partial charge < -0.3 is 15.8 Å². The molecule has 3 N–H and O–H groups in total. The number of halogens is 1. The maximum Gasteiger partial charge on any atom is 0.250 e. The Labute approximate surface area is 111 Å². The minimum Gasteiger partial charge on any atom is -0.372 e. The van der Waals surface area contributed by atoms with Crippen LogP contribution in [-0.4, -0.2) is 25.7 Å². The van der Waals surface area contributed by atoms with E-state index in [0.717, 1.165) is 5.56 Å². The monoisotopic (exact) mass is 266 g/mol. The first-order chi connectivity index (χ1) is 8.67. The molecule has 4 nitrogen and oxygen atoms in total. The molecule has 0 radical (unpaired) electrons. The summed E-state index contributed by atoms with van der Waals surface area (Å²) in [6, 6.07) is 5.15. The number of hydrogen-bond donors (Lipinski definition) is 2. The Kier molecular flexibility index (Phi) is 6.23. The fourth-order valence-electron chi connectivity index (χ4n) is 1.23. The molecule has 0 aliphatic rings. The van der Waals surface area contributed by atoms with Gasteiger partial charge in [-0.2, -0.15) is 0 Å². The normalized spacial score (nSPS) is 9.50. The minimum atomic E-state index is -0.248. The van der Waals surface area contributed by atoms with Crippen LogP contribution >= 0.6 is 11.6 Å². The van der Waals surface area contributed by atoms with E-state index in [9.17, 15) is 4.79 Å². The van der Waals surface area contributed by atoms with Gasteiger partial charge in [0.15, 0.2) is 0 Å². The summed E-state index contributed by atoms with van der Waals surface area (Å²) < 4.78 is 5.00. The first kappa shape index (κ1) is 14.5. The van der Waals surface area contributed by atoms with Gasteiger partial charge in [0.25, 0.3) is 0 Å². The van der Waals surface area contributed by atoms with Crippen molar-refractivity contribution in [2.45, 2.75) is 6.92 Å². The van der Waals surface area contributed by atoms with Crippen LogP contribution < -0.4 is 11.1 Å². The van der Waals surface area contributed by atoms with Crippen molar-refractivity contribution in [2.24, 2.45) is 5.73 Å². The highest BCUT2D eigenvalue weighted by Gasteiger charge is 2.06. The van der Waals surface area contributed by atoms with Crippen molar-refractivity contribution in [1.82, 2.24) is 0 Å². The summed E-state index contributed by atoms with van der Waals surface area (Å²) in [5.74, 6) is 5.36. The topological polar surface area (TPSA) is 64.3 Å². The fraction of sp³-hybridized carbons (Fsp3) is 0.308. The maximum atomic E-state index is 11.5. The molecular weight excluding hydrogens is 252 g/mol. The van der Waals surface area contributed by atoms with Gasteiger partial charge in [-0.15, -0.1) is 0 Å². The van der Waals surface area contributed by atoms with Gasteiger partial charge in [-0.1, -0.05) is 23.4 Å². The molecule has 0 unspecified atom stereocenters. The summed E-state index contributed by atoms with van der Waals surface area (Å²) in [6.07, 6.45) is 0. The number of carbonyl (C=O) groups excluding carboxylic acids is 1. The highest BCUT2D eigenvalue weighted by molar-refractivity contribution is 6.33. The average Bonchev–Trinajstić information content (AvgIpc) is 2.37. The summed E-state index contributed by atoms with van der Waals surface area (Å²) in [5.41, 5.74) is 6.56. The second-order valence-corrected chi connectivity index (χ2v) is 3.79. The lowest BCUT2D eigenvalue weighted by atomic mass is 10.2. The molecule has 5 heteroatoms. The highest BCUT2D eigenvalue weighted by Crippen LogP contribution is 2.22. The molecule has 0 fully saturated rings. The van der Waals surface area contributed by atoms with Gasteiger partial charge in [-0.25, -0.2) is 0 Å². The molecule has 0 heterocycles. The van der Waals surface area contributed by atoms with Gasteiger partial charge in [0.2, 0.25) is 5.91 Å². The molecule has 0 aliphatic heterocycles. The molecule has 1 amide bonds. The summed E-state index contributed by atoms with van der Waals surface area (Å²) >= 11 is 5.98. The number of rotatable bonds is 4. The summed E-state index contributed by atoms with van der Waals surface area (Å²) in [5, 5.41) is 3.12. The van der Waals surface area contributed by atoms with E-state index >= 15 is 0 Å². The Bertz CT molecular complexity index is 478. The first-order valence-electron chi connectivity index (χ1n) is 5.53. The maximum absolute atomic E-state index is 11.5. The van der Waals surface area contributed by atoms with Gasteiger partial charge in [-0.3, -0.25) is 4.79 Å². The van der Waals surface area contributed by atoms with E-state index in [1.807, 2.05) is 6.92 Å². The van der Waals surface area contributed by atoms with Gasteiger partial charge in [0.1, 0.15) is 6.61 Å².